The van der Waals surface area contributed by atoms with Gasteiger partial charge in [0.25, 0.3) is 0 Å². The maximum atomic E-state index is 6.10. The third kappa shape index (κ3) is 6.87. The number of benzene rings is 2. The van der Waals surface area contributed by atoms with Crippen molar-refractivity contribution in [1.82, 2.24) is 4.90 Å². The summed E-state index contributed by atoms with van der Waals surface area (Å²) in [6, 6.07) is 16.0. The number of aliphatic imine (C=N–C) groups is 1. The Bertz CT molecular complexity index is 805. The Morgan fingerprint density at radius 2 is 1.72 bits per heavy atom. The molecular formula is C22H31IN4O2. The second-order valence-corrected chi connectivity index (χ2v) is 7.25. The van der Waals surface area contributed by atoms with Crippen LogP contribution in [0.3, 0.4) is 0 Å². The maximum absolute atomic E-state index is 6.10. The summed E-state index contributed by atoms with van der Waals surface area (Å²) in [5.41, 5.74) is 9.36. The summed E-state index contributed by atoms with van der Waals surface area (Å²) in [5.74, 6) is 1.10. The molecule has 3 N–H and O–H groups in total. The van der Waals surface area contributed by atoms with Gasteiger partial charge in [0.15, 0.2) is 5.96 Å². The Morgan fingerprint density at radius 3 is 2.41 bits per heavy atom. The van der Waals surface area contributed by atoms with Gasteiger partial charge in [-0.1, -0.05) is 36.4 Å². The topological polar surface area (TPSA) is 72.1 Å². The average molecular weight is 510 g/mol. The Hall–Kier alpha value is -1.84. The van der Waals surface area contributed by atoms with E-state index in [0.717, 1.165) is 31.1 Å². The molecule has 0 aromatic heterocycles. The number of hydrogen-bond acceptors (Lipinski definition) is 4. The summed E-state index contributed by atoms with van der Waals surface area (Å²) in [6.07, 6.45) is 0.518. The molecule has 7 heteroatoms. The summed E-state index contributed by atoms with van der Waals surface area (Å²) in [7, 11) is 1.64. The quantitative estimate of drug-likeness (QED) is 0.351. The van der Waals surface area contributed by atoms with Crippen molar-refractivity contribution >= 4 is 35.6 Å². The Kier molecular flexibility index (Phi) is 9.19. The molecule has 0 amide bonds. The van der Waals surface area contributed by atoms with Gasteiger partial charge in [-0.3, -0.25) is 4.90 Å². The molecule has 0 spiro atoms. The largest absolute Gasteiger partial charge is 0.495 e. The second kappa shape index (κ2) is 11.4. The normalized spacial score (nSPS) is 20.0. The fraction of sp³-hybridized carbons (Fsp3) is 0.409. The lowest BCUT2D eigenvalue weighted by atomic mass is 10.1. The fourth-order valence-corrected chi connectivity index (χ4v) is 3.62. The van der Waals surface area contributed by atoms with E-state index in [9.17, 15) is 0 Å². The van der Waals surface area contributed by atoms with Crippen molar-refractivity contribution in [3.05, 3.63) is 59.7 Å². The summed E-state index contributed by atoms with van der Waals surface area (Å²) in [6.45, 7) is 7.56. The van der Waals surface area contributed by atoms with Crippen molar-refractivity contribution in [2.24, 2.45) is 10.7 Å². The molecule has 2 unspecified atom stereocenters. The van der Waals surface area contributed by atoms with Crippen LogP contribution in [0.1, 0.15) is 25.0 Å². The van der Waals surface area contributed by atoms with Gasteiger partial charge in [-0.25, -0.2) is 4.99 Å². The monoisotopic (exact) mass is 510 g/mol. The van der Waals surface area contributed by atoms with Crippen LogP contribution in [0.5, 0.6) is 5.75 Å². The van der Waals surface area contributed by atoms with Gasteiger partial charge in [0.1, 0.15) is 5.75 Å². The summed E-state index contributed by atoms with van der Waals surface area (Å²) in [4.78, 5) is 6.98. The Morgan fingerprint density at radius 1 is 1.10 bits per heavy atom. The maximum Gasteiger partial charge on any atom is 0.193 e. The number of methoxy groups -OCH3 is 1. The highest BCUT2D eigenvalue weighted by Gasteiger charge is 2.22. The molecule has 0 aliphatic carbocycles. The lowest BCUT2D eigenvalue weighted by Crippen LogP contribution is -2.44. The number of halogens is 1. The highest BCUT2D eigenvalue weighted by Crippen LogP contribution is 2.23. The lowest BCUT2D eigenvalue weighted by molar-refractivity contribution is -0.0705. The highest BCUT2D eigenvalue weighted by atomic mass is 127. The van der Waals surface area contributed by atoms with E-state index >= 15 is 0 Å². The van der Waals surface area contributed by atoms with Crippen LogP contribution in [0.4, 0.5) is 5.69 Å². The predicted molar refractivity (Wildman–Crippen MR) is 129 cm³/mol. The minimum Gasteiger partial charge on any atom is -0.495 e. The number of para-hydroxylation sites is 2. The molecule has 2 aromatic rings. The third-order valence-corrected chi connectivity index (χ3v) is 4.80. The summed E-state index contributed by atoms with van der Waals surface area (Å²) >= 11 is 0. The summed E-state index contributed by atoms with van der Waals surface area (Å²) < 4.78 is 11.2. The smallest absolute Gasteiger partial charge is 0.193 e. The van der Waals surface area contributed by atoms with E-state index < -0.39 is 0 Å². The molecule has 29 heavy (non-hydrogen) atoms. The summed E-state index contributed by atoms with van der Waals surface area (Å²) in [5, 5.41) is 3.12. The van der Waals surface area contributed by atoms with Gasteiger partial charge in [0.05, 0.1) is 31.5 Å². The molecule has 158 valence electrons. The molecule has 6 nitrogen and oxygen atoms in total. The van der Waals surface area contributed by atoms with E-state index in [4.69, 9.17) is 15.2 Å². The minimum atomic E-state index is 0. The first-order valence-corrected chi connectivity index (χ1v) is 9.69. The first kappa shape index (κ1) is 23.4. The minimum absolute atomic E-state index is 0. The lowest BCUT2D eigenvalue weighted by Gasteiger charge is -2.35. The van der Waals surface area contributed by atoms with Crippen LogP contribution in [0.15, 0.2) is 53.5 Å². The number of ether oxygens (including phenoxy) is 2. The molecule has 0 radical (unpaired) electrons. The highest BCUT2D eigenvalue weighted by molar-refractivity contribution is 14.0. The van der Waals surface area contributed by atoms with Crippen LogP contribution >= 0.6 is 24.0 Å². The SMILES string of the molecule is COc1ccccc1NC(N)=NCc1ccccc1CN1CC(C)OC(C)C1.I. The van der Waals surface area contributed by atoms with Gasteiger partial charge in [0, 0.05) is 19.6 Å². The molecule has 0 bridgehead atoms. The fourth-order valence-electron chi connectivity index (χ4n) is 3.62. The van der Waals surface area contributed by atoms with E-state index in [1.165, 1.54) is 11.1 Å². The number of anilines is 1. The van der Waals surface area contributed by atoms with Gasteiger partial charge < -0.3 is 20.5 Å². The van der Waals surface area contributed by atoms with Crippen molar-refractivity contribution in [3.8, 4) is 5.75 Å². The van der Waals surface area contributed by atoms with Crippen molar-refractivity contribution in [1.29, 1.82) is 0 Å². The van der Waals surface area contributed by atoms with E-state index in [0.29, 0.717) is 12.5 Å². The van der Waals surface area contributed by atoms with Crippen LogP contribution in [0.25, 0.3) is 0 Å². The van der Waals surface area contributed by atoms with E-state index in [1.807, 2.05) is 30.3 Å². The van der Waals surface area contributed by atoms with Crippen molar-refractivity contribution in [2.75, 3.05) is 25.5 Å². The van der Waals surface area contributed by atoms with Gasteiger partial charge in [0.2, 0.25) is 0 Å². The first-order valence-electron chi connectivity index (χ1n) is 9.69. The standard InChI is InChI=1S/C22H30N4O2.HI/c1-16-13-26(14-17(2)28-16)15-19-9-5-4-8-18(19)12-24-22(23)25-20-10-6-7-11-21(20)27-3;/h4-11,16-17H,12-15H2,1-3H3,(H3,23,24,25);1H. The number of hydrogen-bond donors (Lipinski definition) is 2. The molecule has 1 aliphatic rings. The molecule has 2 aromatic carbocycles. The molecule has 0 saturated carbocycles. The number of guanidine groups is 1. The zero-order chi connectivity index (χ0) is 19.9. The van der Waals surface area contributed by atoms with Crippen LogP contribution in [0.2, 0.25) is 0 Å². The van der Waals surface area contributed by atoms with Gasteiger partial charge in [-0.15, -0.1) is 24.0 Å². The second-order valence-electron chi connectivity index (χ2n) is 7.25. The van der Waals surface area contributed by atoms with Crippen LogP contribution in [-0.2, 0) is 17.8 Å². The molecule has 1 aliphatic heterocycles. The third-order valence-electron chi connectivity index (χ3n) is 4.80. The zero-order valence-electron chi connectivity index (χ0n) is 17.3. The first-order chi connectivity index (χ1) is 13.5. The van der Waals surface area contributed by atoms with E-state index in [1.54, 1.807) is 7.11 Å². The van der Waals surface area contributed by atoms with E-state index in [-0.39, 0.29) is 36.2 Å². The number of nitrogens with zero attached hydrogens (tertiary/aromatic N) is 2. The van der Waals surface area contributed by atoms with Crippen LogP contribution < -0.4 is 15.8 Å². The van der Waals surface area contributed by atoms with E-state index in [2.05, 4.69) is 47.3 Å². The molecule has 1 saturated heterocycles. The molecule has 1 fully saturated rings. The van der Waals surface area contributed by atoms with Gasteiger partial charge in [-0.05, 0) is 37.1 Å². The predicted octanol–water partition coefficient (Wildman–Crippen LogP) is 3.85. The van der Waals surface area contributed by atoms with Gasteiger partial charge in [-0.2, -0.15) is 0 Å². The van der Waals surface area contributed by atoms with Crippen LogP contribution in [-0.4, -0.2) is 43.3 Å². The van der Waals surface area contributed by atoms with Crippen molar-refractivity contribution < 1.29 is 9.47 Å². The van der Waals surface area contributed by atoms with Crippen molar-refractivity contribution in [3.63, 3.8) is 0 Å². The van der Waals surface area contributed by atoms with Crippen LogP contribution in [0, 0.1) is 0 Å². The molecular weight excluding hydrogens is 479 g/mol. The molecule has 1 heterocycles. The molecule has 2 atom stereocenters. The number of rotatable bonds is 6. The van der Waals surface area contributed by atoms with Gasteiger partial charge >= 0.3 is 0 Å². The molecule has 3 rings (SSSR count). The number of nitrogens with two attached hydrogens (primary N) is 1. The average Bonchev–Trinajstić information content (AvgIpc) is 2.67. The zero-order valence-corrected chi connectivity index (χ0v) is 19.6. The van der Waals surface area contributed by atoms with Crippen molar-refractivity contribution in [2.45, 2.75) is 39.1 Å². The Labute approximate surface area is 190 Å². The Balaban J connectivity index is 0.00000300. The number of nitrogens with one attached hydrogen (secondary N) is 1. The number of morpholine rings is 1.